The highest BCUT2D eigenvalue weighted by molar-refractivity contribution is 6.42. The summed E-state index contributed by atoms with van der Waals surface area (Å²) >= 11 is 12.1. The highest BCUT2D eigenvalue weighted by Gasteiger charge is 2.32. The van der Waals surface area contributed by atoms with Gasteiger partial charge in [-0.15, -0.1) is 0 Å². The number of halogens is 2. The first-order valence-corrected chi connectivity index (χ1v) is 9.68. The predicted octanol–water partition coefficient (Wildman–Crippen LogP) is 5.53. The van der Waals surface area contributed by atoms with Crippen molar-refractivity contribution in [2.24, 2.45) is 5.10 Å². The van der Waals surface area contributed by atoms with Crippen LogP contribution in [0.1, 0.15) is 21.5 Å². The number of carbonyl (C=O) groups is 2. The van der Waals surface area contributed by atoms with E-state index >= 15 is 0 Å². The first kappa shape index (κ1) is 19.9. The molecule has 1 amide bonds. The molecule has 148 valence electrons. The molecule has 1 aliphatic rings. The lowest BCUT2D eigenvalue weighted by atomic mass is 10.00. The molecule has 0 aliphatic carbocycles. The summed E-state index contributed by atoms with van der Waals surface area (Å²) in [7, 11) is 0. The number of hydrogen-bond acceptors (Lipinski definition) is 3. The third-order valence-electron chi connectivity index (χ3n) is 4.54. The van der Waals surface area contributed by atoms with Crippen molar-refractivity contribution in [2.75, 3.05) is 5.01 Å². The molecule has 30 heavy (non-hydrogen) atoms. The fourth-order valence-electron chi connectivity index (χ4n) is 3.03. The third kappa shape index (κ3) is 3.85. The maximum absolute atomic E-state index is 13.2. The first-order valence-electron chi connectivity index (χ1n) is 8.93. The van der Waals surface area contributed by atoms with Gasteiger partial charge in [-0.2, -0.15) is 10.1 Å². The van der Waals surface area contributed by atoms with E-state index in [1.807, 2.05) is 30.3 Å². The Morgan fingerprint density at radius 1 is 0.933 bits per heavy atom. The lowest BCUT2D eigenvalue weighted by molar-refractivity contribution is -0.114. The Hall–Kier alpha value is -3.41. The smallest absolute Gasteiger partial charge is 0.335 e. The van der Waals surface area contributed by atoms with E-state index in [2.05, 4.69) is 5.10 Å². The van der Waals surface area contributed by atoms with E-state index in [4.69, 9.17) is 28.3 Å². The highest BCUT2D eigenvalue weighted by Crippen LogP contribution is 2.32. The molecule has 3 aromatic rings. The summed E-state index contributed by atoms with van der Waals surface area (Å²) in [6, 6.07) is 20.5. The predicted molar refractivity (Wildman–Crippen MR) is 118 cm³/mol. The van der Waals surface area contributed by atoms with Crippen molar-refractivity contribution in [1.29, 1.82) is 0 Å². The van der Waals surface area contributed by atoms with Crippen molar-refractivity contribution in [1.82, 2.24) is 0 Å². The number of aromatic carboxylic acids is 1. The Morgan fingerprint density at radius 3 is 2.27 bits per heavy atom. The zero-order valence-electron chi connectivity index (χ0n) is 15.4. The van der Waals surface area contributed by atoms with E-state index in [-0.39, 0.29) is 11.5 Å². The van der Waals surface area contributed by atoms with Gasteiger partial charge in [0.25, 0.3) is 5.91 Å². The van der Waals surface area contributed by atoms with Crippen LogP contribution in [0.15, 0.2) is 83.5 Å². The van der Waals surface area contributed by atoms with E-state index in [0.717, 1.165) is 5.56 Å². The second kappa shape index (κ2) is 8.14. The van der Waals surface area contributed by atoms with Gasteiger partial charge in [0.2, 0.25) is 0 Å². The fraction of sp³-hybridized carbons (Fsp3) is 0. The number of carboxylic acid groups (broad SMARTS) is 1. The maximum Gasteiger partial charge on any atom is 0.335 e. The van der Waals surface area contributed by atoms with Gasteiger partial charge in [-0.3, -0.25) is 4.79 Å². The molecule has 0 atom stereocenters. The Kier molecular flexibility index (Phi) is 5.40. The molecular formula is C23H14Cl2N2O3. The number of anilines is 1. The van der Waals surface area contributed by atoms with Crippen molar-refractivity contribution in [2.45, 2.75) is 0 Å². The summed E-state index contributed by atoms with van der Waals surface area (Å²) in [6.07, 6.45) is 1.69. The summed E-state index contributed by atoms with van der Waals surface area (Å²) in [5, 5.41) is 15.6. The molecule has 0 aromatic heterocycles. The van der Waals surface area contributed by atoms with Crippen LogP contribution in [0.25, 0.3) is 6.08 Å². The van der Waals surface area contributed by atoms with Crippen molar-refractivity contribution in [3.63, 3.8) is 0 Å². The Labute approximate surface area is 182 Å². The van der Waals surface area contributed by atoms with Gasteiger partial charge in [0.1, 0.15) is 5.71 Å². The lowest BCUT2D eigenvalue weighted by Gasteiger charge is -2.12. The molecule has 1 N–H and O–H groups in total. The van der Waals surface area contributed by atoms with Crippen LogP contribution in [0.4, 0.5) is 5.69 Å². The number of hydrazone groups is 1. The zero-order chi connectivity index (χ0) is 21.3. The molecule has 0 bridgehead atoms. The maximum atomic E-state index is 13.2. The average molecular weight is 437 g/mol. The monoisotopic (exact) mass is 436 g/mol. The lowest BCUT2D eigenvalue weighted by Crippen LogP contribution is -2.21. The van der Waals surface area contributed by atoms with Gasteiger partial charge in [-0.25, -0.2) is 4.79 Å². The molecule has 7 heteroatoms. The van der Waals surface area contributed by atoms with Crippen molar-refractivity contribution < 1.29 is 14.7 Å². The zero-order valence-corrected chi connectivity index (χ0v) is 16.9. The minimum absolute atomic E-state index is 0.171. The van der Waals surface area contributed by atoms with Crippen LogP contribution in [-0.4, -0.2) is 22.7 Å². The van der Waals surface area contributed by atoms with Crippen molar-refractivity contribution in [3.8, 4) is 0 Å². The van der Waals surface area contributed by atoms with E-state index in [9.17, 15) is 9.59 Å². The second-order valence-electron chi connectivity index (χ2n) is 6.52. The Morgan fingerprint density at radius 2 is 1.63 bits per heavy atom. The quantitative estimate of drug-likeness (QED) is 0.546. The summed E-state index contributed by atoms with van der Waals surface area (Å²) in [5.74, 6) is -1.34. The highest BCUT2D eigenvalue weighted by atomic mass is 35.5. The van der Waals surface area contributed by atoms with E-state index in [1.54, 1.807) is 36.4 Å². The van der Waals surface area contributed by atoms with E-state index < -0.39 is 5.97 Å². The van der Waals surface area contributed by atoms with E-state index in [0.29, 0.717) is 32.6 Å². The third-order valence-corrected chi connectivity index (χ3v) is 5.28. The van der Waals surface area contributed by atoms with Crippen molar-refractivity contribution in [3.05, 3.63) is 105 Å². The van der Waals surface area contributed by atoms with Crippen LogP contribution in [0.2, 0.25) is 10.0 Å². The molecule has 0 radical (unpaired) electrons. The van der Waals surface area contributed by atoms with E-state index in [1.165, 1.54) is 17.1 Å². The average Bonchev–Trinajstić information content (AvgIpc) is 3.07. The Bertz CT molecular complexity index is 1200. The number of benzene rings is 3. The van der Waals surface area contributed by atoms with Crippen LogP contribution in [0, 0.1) is 0 Å². The van der Waals surface area contributed by atoms with Crippen LogP contribution >= 0.6 is 23.2 Å². The molecule has 0 unspecified atom stereocenters. The number of carboxylic acids is 1. The summed E-state index contributed by atoms with van der Waals surface area (Å²) in [5.41, 5.74) is 3.02. The molecule has 0 spiro atoms. The van der Waals surface area contributed by atoms with Crippen LogP contribution < -0.4 is 5.01 Å². The summed E-state index contributed by atoms with van der Waals surface area (Å²) < 4.78 is 0. The first-order chi connectivity index (χ1) is 14.4. The van der Waals surface area contributed by atoms with Crippen LogP contribution in [-0.2, 0) is 4.79 Å². The standard InChI is InChI=1S/C23H14Cl2N2O3/c24-19-11-10-17(13-20(19)25)27-22(28)18(21(26-27)15-4-2-1-3-5-15)12-14-6-8-16(9-7-14)23(29)30/h1-13H,(H,29,30)/b18-12-. The topological polar surface area (TPSA) is 70.0 Å². The molecule has 0 saturated carbocycles. The van der Waals surface area contributed by atoms with Crippen molar-refractivity contribution >= 4 is 52.6 Å². The second-order valence-corrected chi connectivity index (χ2v) is 7.33. The number of rotatable bonds is 4. The van der Waals surface area contributed by atoms with Gasteiger partial charge in [0.15, 0.2) is 0 Å². The fourth-order valence-corrected chi connectivity index (χ4v) is 3.33. The van der Waals surface area contributed by atoms with Gasteiger partial charge < -0.3 is 5.11 Å². The molecule has 4 rings (SSSR count). The number of nitrogens with zero attached hydrogens (tertiary/aromatic N) is 2. The number of hydrogen-bond donors (Lipinski definition) is 1. The normalized spacial score (nSPS) is 14.9. The molecule has 5 nitrogen and oxygen atoms in total. The van der Waals surface area contributed by atoms with Gasteiger partial charge >= 0.3 is 5.97 Å². The van der Waals surface area contributed by atoms with Gasteiger partial charge in [-0.1, -0.05) is 65.7 Å². The minimum atomic E-state index is -1.01. The van der Waals surface area contributed by atoms with Gasteiger partial charge in [-0.05, 0) is 42.0 Å². The SMILES string of the molecule is O=C(O)c1ccc(/C=C2\C(=O)N(c3ccc(Cl)c(Cl)c3)N=C2c2ccccc2)cc1. The van der Waals surface area contributed by atoms with Crippen LogP contribution in [0.3, 0.4) is 0 Å². The minimum Gasteiger partial charge on any atom is -0.478 e. The molecule has 3 aromatic carbocycles. The van der Waals surface area contributed by atoms with Gasteiger partial charge in [0.05, 0.1) is 26.9 Å². The van der Waals surface area contributed by atoms with Gasteiger partial charge in [0, 0.05) is 5.56 Å². The largest absolute Gasteiger partial charge is 0.478 e. The number of carbonyl (C=O) groups excluding carboxylic acids is 1. The molecule has 0 saturated heterocycles. The molecule has 1 aliphatic heterocycles. The molecular weight excluding hydrogens is 423 g/mol. The Balaban J connectivity index is 1.79. The summed E-state index contributed by atoms with van der Waals surface area (Å²) in [6.45, 7) is 0. The number of amides is 1. The summed E-state index contributed by atoms with van der Waals surface area (Å²) in [4.78, 5) is 24.3. The van der Waals surface area contributed by atoms with Crippen LogP contribution in [0.5, 0.6) is 0 Å². The molecule has 0 fully saturated rings. The molecule has 1 heterocycles.